The number of nitrogens with two attached hydrogens (primary N) is 1. The van der Waals surface area contributed by atoms with Crippen LogP contribution in [0.1, 0.15) is 38.7 Å². The Balaban J connectivity index is 1.98. The van der Waals surface area contributed by atoms with E-state index in [1.54, 1.807) is 0 Å². The molecule has 0 spiro atoms. The van der Waals surface area contributed by atoms with Gasteiger partial charge < -0.3 is 11.1 Å². The van der Waals surface area contributed by atoms with Crippen LogP contribution >= 0.6 is 0 Å². The van der Waals surface area contributed by atoms with Crippen molar-refractivity contribution in [3.8, 4) is 0 Å². The van der Waals surface area contributed by atoms with E-state index >= 15 is 0 Å². The molecule has 3 rings (SSSR count). The molecule has 1 unspecified atom stereocenters. The third-order valence-corrected chi connectivity index (χ3v) is 3.82. The van der Waals surface area contributed by atoms with Crippen molar-refractivity contribution in [3.05, 3.63) is 70.3 Å². The molecular formula is C17H18N2O. The van der Waals surface area contributed by atoms with Crippen molar-refractivity contribution in [1.29, 1.82) is 0 Å². The third kappa shape index (κ3) is 2.32. The second kappa shape index (κ2) is 5.10. The lowest BCUT2D eigenvalue weighted by molar-refractivity contribution is 0.0946. The van der Waals surface area contributed by atoms with Crippen LogP contribution in [-0.2, 0) is 6.42 Å². The summed E-state index contributed by atoms with van der Waals surface area (Å²) in [5.74, 6) is 0.00421. The van der Waals surface area contributed by atoms with E-state index in [2.05, 4.69) is 24.4 Å². The molecule has 1 amide bonds. The predicted molar refractivity (Wildman–Crippen MR) is 79.7 cm³/mol. The quantitative estimate of drug-likeness (QED) is 0.876. The normalized spacial score (nSPS) is 15.4. The lowest BCUT2D eigenvalue weighted by Crippen LogP contribution is -2.32. The first kappa shape index (κ1) is 12.9. The summed E-state index contributed by atoms with van der Waals surface area (Å²) in [4.78, 5) is 11.9. The van der Waals surface area contributed by atoms with Gasteiger partial charge in [-0.3, -0.25) is 4.79 Å². The minimum absolute atomic E-state index is 0.00421. The Bertz CT molecular complexity index is 664. The topological polar surface area (TPSA) is 55.1 Å². The van der Waals surface area contributed by atoms with Crippen molar-refractivity contribution in [2.45, 2.75) is 19.4 Å². The van der Waals surface area contributed by atoms with Crippen LogP contribution in [0.15, 0.2) is 42.5 Å². The molecular weight excluding hydrogens is 248 g/mol. The van der Waals surface area contributed by atoms with Gasteiger partial charge in [-0.25, -0.2) is 0 Å². The van der Waals surface area contributed by atoms with Gasteiger partial charge in [0.05, 0.1) is 6.04 Å². The van der Waals surface area contributed by atoms with Crippen LogP contribution in [0, 0.1) is 6.92 Å². The van der Waals surface area contributed by atoms with Gasteiger partial charge in [0.25, 0.3) is 5.91 Å². The molecule has 0 radical (unpaired) electrons. The summed E-state index contributed by atoms with van der Waals surface area (Å²) < 4.78 is 0. The maximum Gasteiger partial charge on any atom is 0.251 e. The van der Waals surface area contributed by atoms with E-state index in [0.717, 1.165) is 35.2 Å². The molecule has 1 heterocycles. The molecule has 1 atom stereocenters. The van der Waals surface area contributed by atoms with Gasteiger partial charge in [-0.15, -0.1) is 0 Å². The summed E-state index contributed by atoms with van der Waals surface area (Å²) in [7, 11) is 0. The van der Waals surface area contributed by atoms with Crippen LogP contribution in [0.5, 0.6) is 0 Å². The SMILES string of the molecule is Cc1cccc(C(N)c2ccc3c(c2)C(=O)NCC3)c1. The van der Waals surface area contributed by atoms with Crippen LogP contribution in [0.4, 0.5) is 0 Å². The molecule has 3 heteroatoms. The monoisotopic (exact) mass is 266 g/mol. The van der Waals surface area contributed by atoms with E-state index < -0.39 is 0 Å². The van der Waals surface area contributed by atoms with Gasteiger partial charge in [0.2, 0.25) is 0 Å². The van der Waals surface area contributed by atoms with Gasteiger partial charge >= 0.3 is 0 Å². The fraction of sp³-hybridized carbons (Fsp3) is 0.235. The number of aryl methyl sites for hydroxylation is 1. The van der Waals surface area contributed by atoms with Gasteiger partial charge in [0, 0.05) is 12.1 Å². The van der Waals surface area contributed by atoms with Crippen LogP contribution < -0.4 is 11.1 Å². The van der Waals surface area contributed by atoms with Crippen LogP contribution in [0.3, 0.4) is 0 Å². The first-order valence-electron chi connectivity index (χ1n) is 6.88. The molecule has 102 valence electrons. The number of rotatable bonds is 2. The Labute approximate surface area is 118 Å². The van der Waals surface area contributed by atoms with Crippen LogP contribution in [-0.4, -0.2) is 12.5 Å². The van der Waals surface area contributed by atoms with Crippen molar-refractivity contribution in [2.24, 2.45) is 5.73 Å². The van der Waals surface area contributed by atoms with Gasteiger partial charge in [-0.1, -0.05) is 42.0 Å². The fourth-order valence-electron chi connectivity index (χ4n) is 2.68. The smallest absolute Gasteiger partial charge is 0.251 e. The molecule has 0 bridgehead atoms. The van der Waals surface area contributed by atoms with Crippen molar-refractivity contribution in [2.75, 3.05) is 6.54 Å². The Kier molecular flexibility index (Phi) is 3.28. The molecule has 1 aliphatic heterocycles. The summed E-state index contributed by atoms with van der Waals surface area (Å²) in [6.07, 6.45) is 0.890. The zero-order chi connectivity index (χ0) is 14.1. The summed E-state index contributed by atoms with van der Waals surface area (Å²) in [6, 6.07) is 14.0. The highest BCUT2D eigenvalue weighted by Crippen LogP contribution is 2.24. The number of hydrogen-bond acceptors (Lipinski definition) is 2. The Morgan fingerprint density at radius 2 is 1.95 bits per heavy atom. The highest BCUT2D eigenvalue weighted by Gasteiger charge is 2.18. The molecule has 0 saturated heterocycles. The second-order valence-corrected chi connectivity index (χ2v) is 5.31. The second-order valence-electron chi connectivity index (χ2n) is 5.31. The first-order valence-corrected chi connectivity index (χ1v) is 6.88. The maximum absolute atomic E-state index is 11.9. The van der Waals surface area contributed by atoms with Gasteiger partial charge in [0.1, 0.15) is 0 Å². The van der Waals surface area contributed by atoms with E-state index in [-0.39, 0.29) is 11.9 Å². The van der Waals surface area contributed by atoms with Crippen molar-refractivity contribution < 1.29 is 4.79 Å². The van der Waals surface area contributed by atoms with Gasteiger partial charge in [-0.2, -0.15) is 0 Å². The highest BCUT2D eigenvalue weighted by atomic mass is 16.1. The summed E-state index contributed by atoms with van der Waals surface area (Å²) in [5, 5.41) is 2.87. The van der Waals surface area contributed by atoms with Crippen LogP contribution in [0.25, 0.3) is 0 Å². The molecule has 1 aliphatic rings. The molecule has 3 N–H and O–H groups in total. The number of fused-ring (bicyclic) bond motifs is 1. The fourth-order valence-corrected chi connectivity index (χ4v) is 2.68. The number of amides is 1. The zero-order valence-electron chi connectivity index (χ0n) is 11.5. The largest absolute Gasteiger partial charge is 0.352 e. The van der Waals surface area contributed by atoms with Gasteiger partial charge in [0.15, 0.2) is 0 Å². The van der Waals surface area contributed by atoms with Crippen molar-refractivity contribution >= 4 is 5.91 Å². The molecule has 0 fully saturated rings. The summed E-state index contributed by atoms with van der Waals surface area (Å²) in [6.45, 7) is 2.77. The Morgan fingerprint density at radius 3 is 2.75 bits per heavy atom. The minimum Gasteiger partial charge on any atom is -0.352 e. The highest BCUT2D eigenvalue weighted by molar-refractivity contribution is 5.96. The molecule has 0 aliphatic carbocycles. The number of carbonyl (C=O) groups excluding carboxylic acids is 1. The molecule has 0 aromatic heterocycles. The van der Waals surface area contributed by atoms with Gasteiger partial charge in [-0.05, 0) is 36.1 Å². The molecule has 20 heavy (non-hydrogen) atoms. The minimum atomic E-state index is -0.199. The average molecular weight is 266 g/mol. The first-order chi connectivity index (χ1) is 9.65. The van der Waals surface area contributed by atoms with Crippen LogP contribution in [0.2, 0.25) is 0 Å². The molecule has 3 nitrogen and oxygen atoms in total. The number of carbonyl (C=O) groups is 1. The van der Waals surface area contributed by atoms with Crippen molar-refractivity contribution in [1.82, 2.24) is 5.32 Å². The standard InChI is InChI=1S/C17H18N2O/c1-11-3-2-4-13(9-11)16(18)14-6-5-12-7-8-19-17(20)15(12)10-14/h2-6,9-10,16H,7-8,18H2,1H3,(H,19,20). The van der Waals surface area contributed by atoms with E-state index in [4.69, 9.17) is 5.73 Å². The number of nitrogens with one attached hydrogen (secondary N) is 1. The van der Waals surface area contributed by atoms with E-state index in [0.29, 0.717) is 0 Å². The van der Waals surface area contributed by atoms with Crippen molar-refractivity contribution in [3.63, 3.8) is 0 Å². The van der Waals surface area contributed by atoms with E-state index in [1.165, 1.54) is 5.56 Å². The molecule has 2 aromatic rings. The third-order valence-electron chi connectivity index (χ3n) is 3.82. The summed E-state index contributed by atoms with van der Waals surface area (Å²) in [5.41, 5.74) is 11.4. The lowest BCUT2D eigenvalue weighted by Gasteiger charge is -2.19. The Hall–Kier alpha value is -2.13. The number of benzene rings is 2. The zero-order valence-corrected chi connectivity index (χ0v) is 11.5. The number of hydrogen-bond donors (Lipinski definition) is 2. The summed E-state index contributed by atoms with van der Waals surface area (Å²) >= 11 is 0. The molecule has 0 saturated carbocycles. The van der Waals surface area contributed by atoms with E-state index in [1.807, 2.05) is 30.3 Å². The maximum atomic E-state index is 11.9. The lowest BCUT2D eigenvalue weighted by atomic mass is 9.92. The Morgan fingerprint density at radius 1 is 1.15 bits per heavy atom. The predicted octanol–water partition coefficient (Wildman–Crippen LogP) is 2.33. The average Bonchev–Trinajstić information content (AvgIpc) is 2.47. The van der Waals surface area contributed by atoms with E-state index in [9.17, 15) is 4.79 Å². The molecule has 2 aromatic carbocycles.